The number of benzene rings is 2. The van der Waals surface area contributed by atoms with Crippen LogP contribution in [-0.2, 0) is 28.7 Å². The zero-order valence-electron chi connectivity index (χ0n) is 20.9. The zero-order valence-corrected chi connectivity index (χ0v) is 22.6. The van der Waals surface area contributed by atoms with E-state index in [1.807, 2.05) is 87.1 Å². The van der Waals surface area contributed by atoms with Gasteiger partial charge < -0.3 is 19.7 Å². The Bertz CT molecular complexity index is 1220. The molecule has 0 saturated heterocycles. The highest BCUT2D eigenvalue weighted by molar-refractivity contribution is 7.90. The van der Waals surface area contributed by atoms with Crippen LogP contribution in [0.15, 0.2) is 66.0 Å². The van der Waals surface area contributed by atoms with Crippen molar-refractivity contribution >= 4 is 27.2 Å². The summed E-state index contributed by atoms with van der Waals surface area (Å²) in [6.45, 7) is 7.05. The summed E-state index contributed by atoms with van der Waals surface area (Å²) in [6, 6.07) is 17.4. The maximum absolute atomic E-state index is 13.6. The molecule has 0 aliphatic carbocycles. The highest BCUT2D eigenvalue weighted by Gasteiger charge is 2.26. The van der Waals surface area contributed by atoms with E-state index in [0.717, 1.165) is 35.5 Å². The van der Waals surface area contributed by atoms with Gasteiger partial charge in [-0.2, -0.15) is 0 Å². The Labute approximate surface area is 214 Å². The first-order valence-corrected chi connectivity index (χ1v) is 13.8. The molecular formula is C26H35N5O2S2. The van der Waals surface area contributed by atoms with Gasteiger partial charge in [-0.1, -0.05) is 54.6 Å². The Morgan fingerprint density at radius 3 is 2.40 bits per heavy atom. The minimum Gasteiger partial charge on any atom is -0.363 e. The zero-order chi connectivity index (χ0) is 25.4. The molecule has 1 aromatic heterocycles. The number of aryl methyl sites for hydroxylation is 1. The van der Waals surface area contributed by atoms with Gasteiger partial charge in [-0.3, -0.25) is 0 Å². The second kappa shape index (κ2) is 12.3. The molecule has 3 aromatic rings. The lowest BCUT2D eigenvalue weighted by molar-refractivity contribution is 0.317. The molecule has 0 aliphatic rings. The number of imidazole rings is 1. The second-order valence-electron chi connectivity index (χ2n) is 8.85. The lowest BCUT2D eigenvalue weighted by Gasteiger charge is -2.27. The van der Waals surface area contributed by atoms with Gasteiger partial charge in [0.2, 0.25) is 15.0 Å². The van der Waals surface area contributed by atoms with Crippen molar-refractivity contribution in [1.82, 2.24) is 24.7 Å². The molecule has 35 heavy (non-hydrogen) atoms. The lowest BCUT2D eigenvalue weighted by atomic mass is 10.1. The minimum absolute atomic E-state index is 0.0848. The predicted octanol–water partition coefficient (Wildman–Crippen LogP) is 3.47. The molecule has 0 atom stereocenters. The van der Waals surface area contributed by atoms with E-state index in [0.29, 0.717) is 24.7 Å². The molecule has 0 aliphatic heterocycles. The van der Waals surface area contributed by atoms with Gasteiger partial charge >= 0.3 is 0 Å². The van der Waals surface area contributed by atoms with Crippen LogP contribution in [0.25, 0.3) is 0 Å². The van der Waals surface area contributed by atoms with E-state index in [9.17, 15) is 8.42 Å². The molecule has 0 bridgehead atoms. The summed E-state index contributed by atoms with van der Waals surface area (Å²) in [5.74, 6) is -0.0922. The first-order valence-electron chi connectivity index (χ1n) is 11.7. The van der Waals surface area contributed by atoms with Gasteiger partial charge in [-0.05, 0) is 56.9 Å². The van der Waals surface area contributed by atoms with Crippen LogP contribution in [0.2, 0.25) is 0 Å². The SMILES string of the molecule is CCNC(=S)N(CCN(C)C)Cc1cnc(S(=O)(=O)Cc2ccccc2C)n1Cc1ccccc1. The Kier molecular flexibility index (Phi) is 9.42. The van der Waals surface area contributed by atoms with Gasteiger partial charge in [0.05, 0.1) is 30.7 Å². The summed E-state index contributed by atoms with van der Waals surface area (Å²) in [6.07, 6.45) is 1.67. The van der Waals surface area contributed by atoms with Crippen LogP contribution in [0.3, 0.4) is 0 Å². The number of nitrogens with one attached hydrogen (secondary N) is 1. The normalized spacial score (nSPS) is 11.6. The van der Waals surface area contributed by atoms with Gasteiger partial charge in [0.1, 0.15) is 0 Å². The Morgan fingerprint density at radius 1 is 1.06 bits per heavy atom. The third-order valence-electron chi connectivity index (χ3n) is 5.76. The fourth-order valence-electron chi connectivity index (χ4n) is 3.77. The Morgan fingerprint density at radius 2 is 1.74 bits per heavy atom. The highest BCUT2D eigenvalue weighted by Crippen LogP contribution is 2.22. The summed E-state index contributed by atoms with van der Waals surface area (Å²) >= 11 is 5.63. The molecule has 1 N–H and O–H groups in total. The topological polar surface area (TPSA) is 70.5 Å². The smallest absolute Gasteiger partial charge is 0.228 e. The molecule has 3 rings (SSSR count). The van der Waals surface area contributed by atoms with E-state index in [1.54, 1.807) is 6.20 Å². The maximum atomic E-state index is 13.6. The molecule has 1 heterocycles. The van der Waals surface area contributed by atoms with E-state index in [2.05, 4.69) is 20.1 Å². The number of sulfone groups is 1. The molecule has 0 fully saturated rings. The van der Waals surface area contributed by atoms with Crippen molar-refractivity contribution < 1.29 is 8.42 Å². The molecular weight excluding hydrogens is 478 g/mol. The first kappa shape index (κ1) is 26.8. The van der Waals surface area contributed by atoms with E-state index in [4.69, 9.17) is 12.2 Å². The van der Waals surface area contributed by atoms with Crippen LogP contribution in [0, 0.1) is 6.92 Å². The molecule has 0 spiro atoms. The first-order chi connectivity index (χ1) is 16.7. The van der Waals surface area contributed by atoms with Gasteiger partial charge in [0, 0.05) is 19.6 Å². The van der Waals surface area contributed by atoms with Crippen molar-refractivity contribution in [2.45, 2.75) is 37.8 Å². The van der Waals surface area contributed by atoms with Crippen LogP contribution in [0.4, 0.5) is 0 Å². The summed E-state index contributed by atoms with van der Waals surface area (Å²) in [4.78, 5) is 8.60. The predicted molar refractivity (Wildman–Crippen MR) is 145 cm³/mol. The molecule has 0 radical (unpaired) electrons. The van der Waals surface area contributed by atoms with Crippen LogP contribution >= 0.6 is 12.2 Å². The van der Waals surface area contributed by atoms with Gasteiger partial charge in [0.15, 0.2) is 5.11 Å². The number of hydrogen-bond donors (Lipinski definition) is 1. The van der Waals surface area contributed by atoms with E-state index in [-0.39, 0.29) is 10.9 Å². The molecule has 7 nitrogen and oxygen atoms in total. The van der Waals surface area contributed by atoms with E-state index >= 15 is 0 Å². The number of aromatic nitrogens is 2. The number of likely N-dealkylation sites (N-methyl/N-ethyl adjacent to an activating group) is 1. The molecule has 0 unspecified atom stereocenters. The van der Waals surface area contributed by atoms with Gasteiger partial charge in [0.25, 0.3) is 0 Å². The number of hydrogen-bond acceptors (Lipinski definition) is 5. The van der Waals surface area contributed by atoms with E-state index in [1.165, 1.54) is 0 Å². The monoisotopic (exact) mass is 513 g/mol. The third-order valence-corrected chi connectivity index (χ3v) is 7.73. The Hall–Kier alpha value is -2.75. The molecule has 0 saturated carbocycles. The van der Waals surface area contributed by atoms with Crippen molar-refractivity contribution in [1.29, 1.82) is 0 Å². The molecule has 2 aromatic carbocycles. The van der Waals surface area contributed by atoms with Crippen molar-refractivity contribution in [3.8, 4) is 0 Å². The van der Waals surface area contributed by atoms with Crippen LogP contribution < -0.4 is 5.32 Å². The van der Waals surface area contributed by atoms with Crippen LogP contribution in [0.1, 0.15) is 29.3 Å². The fourth-order valence-corrected chi connectivity index (χ4v) is 5.67. The van der Waals surface area contributed by atoms with Crippen molar-refractivity contribution in [3.63, 3.8) is 0 Å². The summed E-state index contributed by atoms with van der Waals surface area (Å²) < 4.78 is 29.0. The average molecular weight is 514 g/mol. The summed E-state index contributed by atoms with van der Waals surface area (Å²) in [7, 11) is 0.355. The van der Waals surface area contributed by atoms with E-state index < -0.39 is 9.84 Å². The Balaban J connectivity index is 1.99. The highest BCUT2D eigenvalue weighted by atomic mass is 32.2. The lowest BCUT2D eigenvalue weighted by Crippen LogP contribution is -2.42. The largest absolute Gasteiger partial charge is 0.363 e. The van der Waals surface area contributed by atoms with Crippen molar-refractivity contribution in [2.24, 2.45) is 0 Å². The van der Waals surface area contributed by atoms with Crippen LogP contribution in [-0.4, -0.2) is 66.6 Å². The van der Waals surface area contributed by atoms with Gasteiger partial charge in [-0.15, -0.1) is 0 Å². The van der Waals surface area contributed by atoms with Crippen molar-refractivity contribution in [3.05, 3.63) is 83.2 Å². The summed E-state index contributed by atoms with van der Waals surface area (Å²) in [5, 5.41) is 3.95. The maximum Gasteiger partial charge on any atom is 0.228 e. The second-order valence-corrected chi connectivity index (χ2v) is 11.1. The van der Waals surface area contributed by atoms with Crippen LogP contribution in [0.5, 0.6) is 0 Å². The number of thiocarbonyl (C=S) groups is 1. The fraction of sp³-hybridized carbons (Fsp3) is 0.385. The quantitative estimate of drug-likeness (QED) is 0.394. The molecule has 0 amide bonds. The third kappa shape index (κ3) is 7.37. The van der Waals surface area contributed by atoms with Crippen molar-refractivity contribution in [2.75, 3.05) is 33.7 Å². The number of rotatable bonds is 11. The minimum atomic E-state index is -3.68. The van der Waals surface area contributed by atoms with Gasteiger partial charge in [-0.25, -0.2) is 13.4 Å². The molecule has 9 heteroatoms. The average Bonchev–Trinajstić information content (AvgIpc) is 3.21. The summed E-state index contributed by atoms with van der Waals surface area (Å²) in [5.41, 5.74) is 3.54. The molecule has 188 valence electrons. The standard InChI is InChI=1S/C26H35N5O2S2/c1-5-27-25(34)30(16-15-29(3)4)19-24-17-28-26(31(24)18-22-12-7-6-8-13-22)35(32,33)20-23-14-10-9-11-21(23)2/h6-14,17H,5,15-16,18-20H2,1-4H3,(H,27,34). The number of nitrogens with zero attached hydrogens (tertiary/aromatic N) is 4.